The molecule has 0 aliphatic rings. The van der Waals surface area contributed by atoms with Crippen molar-refractivity contribution < 1.29 is 0 Å². The molecule has 1 rings (SSSR count). The molecule has 0 atom stereocenters. The van der Waals surface area contributed by atoms with Crippen molar-refractivity contribution in [3.05, 3.63) is 35.9 Å². The first-order chi connectivity index (χ1) is 11.7. The van der Waals surface area contributed by atoms with Gasteiger partial charge in [0.25, 0.3) is 0 Å². The molecule has 0 nitrogen and oxygen atoms in total. The molecule has 0 fully saturated rings. The van der Waals surface area contributed by atoms with Crippen LogP contribution in [0, 0.1) is 0 Å². The van der Waals surface area contributed by atoms with Crippen LogP contribution in [0.2, 0.25) is 0 Å². The van der Waals surface area contributed by atoms with Gasteiger partial charge in [0.1, 0.15) is 0 Å². The summed E-state index contributed by atoms with van der Waals surface area (Å²) in [5, 5.41) is -0.114. The Kier molecular flexibility index (Phi) is 12.1. The molecule has 1 heteroatoms. The number of benzene rings is 1. The van der Waals surface area contributed by atoms with Gasteiger partial charge in [-0.2, -0.15) is 0 Å². The Bertz CT molecular complexity index is 368. The molecule has 0 N–H and O–H groups in total. The first-order valence-electron chi connectivity index (χ1n) is 10.6. The lowest BCUT2D eigenvalue weighted by molar-refractivity contribution is 0.444. The number of hydrogen-bond donors (Lipinski definition) is 0. The van der Waals surface area contributed by atoms with Gasteiger partial charge in [-0.15, -0.1) is 0 Å². The molecule has 0 saturated heterocycles. The lowest BCUT2D eigenvalue weighted by Crippen LogP contribution is -2.26. The highest BCUT2D eigenvalue weighted by Gasteiger charge is 2.24. The summed E-state index contributed by atoms with van der Waals surface area (Å²) in [5.74, 6) is 0. The van der Waals surface area contributed by atoms with Crippen LogP contribution in [-0.4, -0.2) is 7.85 Å². The molecule has 1 aromatic carbocycles. The van der Waals surface area contributed by atoms with Crippen LogP contribution in [-0.2, 0) is 5.31 Å². The largest absolute Gasteiger partial charge is 0.0810 e. The van der Waals surface area contributed by atoms with E-state index in [2.05, 4.69) is 44.2 Å². The van der Waals surface area contributed by atoms with E-state index in [4.69, 9.17) is 7.85 Å². The van der Waals surface area contributed by atoms with Crippen molar-refractivity contribution in [1.82, 2.24) is 0 Å². The highest BCUT2D eigenvalue weighted by molar-refractivity contribution is 6.15. The van der Waals surface area contributed by atoms with E-state index in [1.54, 1.807) is 0 Å². The quantitative estimate of drug-likeness (QED) is 0.230. The van der Waals surface area contributed by atoms with Crippen molar-refractivity contribution in [2.24, 2.45) is 0 Å². The average Bonchev–Trinajstić information content (AvgIpc) is 2.62. The third-order valence-corrected chi connectivity index (χ3v) is 5.30. The SMILES string of the molecule is [B]C(CCCCCCCC)(CCCCCCCC)c1ccccc1. The van der Waals surface area contributed by atoms with Crippen LogP contribution in [0.15, 0.2) is 30.3 Å². The van der Waals surface area contributed by atoms with Crippen LogP contribution >= 0.6 is 0 Å². The van der Waals surface area contributed by atoms with Crippen molar-refractivity contribution in [3.8, 4) is 0 Å². The summed E-state index contributed by atoms with van der Waals surface area (Å²) in [7, 11) is 6.90. The minimum absolute atomic E-state index is 0.114. The van der Waals surface area contributed by atoms with Gasteiger partial charge in [-0.3, -0.25) is 0 Å². The first-order valence-corrected chi connectivity index (χ1v) is 10.6. The Morgan fingerprint density at radius 1 is 0.625 bits per heavy atom. The predicted octanol–water partition coefficient (Wildman–Crippen LogP) is 7.55. The van der Waals surface area contributed by atoms with E-state index in [-0.39, 0.29) is 5.31 Å². The molecule has 24 heavy (non-hydrogen) atoms. The van der Waals surface area contributed by atoms with Gasteiger partial charge in [0, 0.05) is 0 Å². The van der Waals surface area contributed by atoms with Crippen LogP contribution in [0.25, 0.3) is 0 Å². The third-order valence-electron chi connectivity index (χ3n) is 5.30. The van der Waals surface area contributed by atoms with Crippen molar-refractivity contribution in [3.63, 3.8) is 0 Å². The summed E-state index contributed by atoms with van der Waals surface area (Å²) in [5.41, 5.74) is 1.34. The maximum absolute atomic E-state index is 6.90. The Morgan fingerprint density at radius 2 is 1.04 bits per heavy atom. The lowest BCUT2D eigenvalue weighted by atomic mass is 9.59. The fourth-order valence-electron chi connectivity index (χ4n) is 3.63. The molecule has 2 radical (unpaired) electrons. The lowest BCUT2D eigenvalue weighted by Gasteiger charge is -2.31. The standard InChI is InChI=1S/C23H39B/c1-3-5-7-9-11-16-20-23(24,22-18-14-13-15-19-22)21-17-12-10-8-6-4-2/h13-15,18-19H,3-12,16-17,20-21H2,1-2H3. The van der Waals surface area contributed by atoms with E-state index >= 15 is 0 Å². The van der Waals surface area contributed by atoms with Crippen LogP contribution < -0.4 is 0 Å². The van der Waals surface area contributed by atoms with Gasteiger partial charge in [0.05, 0.1) is 7.85 Å². The third kappa shape index (κ3) is 8.95. The molecule has 1 aromatic rings. The van der Waals surface area contributed by atoms with Crippen LogP contribution in [0.4, 0.5) is 0 Å². The number of hydrogen-bond acceptors (Lipinski definition) is 0. The van der Waals surface area contributed by atoms with Gasteiger partial charge in [0.15, 0.2) is 0 Å². The average molecular weight is 326 g/mol. The monoisotopic (exact) mass is 326 g/mol. The summed E-state index contributed by atoms with van der Waals surface area (Å²) in [6, 6.07) is 10.8. The summed E-state index contributed by atoms with van der Waals surface area (Å²) in [4.78, 5) is 0. The zero-order chi connectivity index (χ0) is 17.5. The molecule has 0 aliphatic heterocycles. The number of rotatable bonds is 15. The summed E-state index contributed by atoms with van der Waals surface area (Å²) in [6.45, 7) is 4.56. The number of unbranched alkanes of at least 4 members (excludes halogenated alkanes) is 10. The van der Waals surface area contributed by atoms with Gasteiger partial charge >= 0.3 is 0 Å². The van der Waals surface area contributed by atoms with Crippen molar-refractivity contribution in [1.29, 1.82) is 0 Å². The first kappa shape index (κ1) is 21.3. The van der Waals surface area contributed by atoms with Crippen LogP contribution in [0.5, 0.6) is 0 Å². The fourth-order valence-corrected chi connectivity index (χ4v) is 3.63. The molecule has 0 unspecified atom stereocenters. The van der Waals surface area contributed by atoms with Gasteiger partial charge in [-0.25, -0.2) is 0 Å². The topological polar surface area (TPSA) is 0 Å². The van der Waals surface area contributed by atoms with E-state index in [0.717, 1.165) is 12.8 Å². The summed E-state index contributed by atoms with van der Waals surface area (Å²) in [6.07, 6.45) is 18.4. The molecule has 0 bridgehead atoms. The maximum atomic E-state index is 6.90. The van der Waals surface area contributed by atoms with E-state index < -0.39 is 0 Å². The second-order valence-corrected chi connectivity index (χ2v) is 7.56. The van der Waals surface area contributed by atoms with Gasteiger partial charge in [0.2, 0.25) is 0 Å². The van der Waals surface area contributed by atoms with E-state index in [9.17, 15) is 0 Å². The molecule has 134 valence electrons. The van der Waals surface area contributed by atoms with E-state index in [1.165, 1.54) is 82.6 Å². The Hall–Kier alpha value is -0.715. The summed E-state index contributed by atoms with van der Waals surface area (Å²) < 4.78 is 0. The minimum Gasteiger partial charge on any atom is -0.0654 e. The Labute approximate surface area is 153 Å². The highest BCUT2D eigenvalue weighted by atomic mass is 14.2. The minimum atomic E-state index is -0.114. The Balaban J connectivity index is 2.42. The zero-order valence-corrected chi connectivity index (χ0v) is 16.4. The van der Waals surface area contributed by atoms with Gasteiger partial charge in [-0.1, -0.05) is 140 Å². The smallest absolute Gasteiger partial charge is 0.0654 e. The zero-order valence-electron chi connectivity index (χ0n) is 16.4. The molecule has 0 aliphatic carbocycles. The molecule has 0 aromatic heterocycles. The molecule has 0 spiro atoms. The molecule has 0 heterocycles. The van der Waals surface area contributed by atoms with Gasteiger partial charge < -0.3 is 0 Å². The molecular formula is C23H39B. The van der Waals surface area contributed by atoms with Crippen molar-refractivity contribution in [2.45, 2.75) is 109 Å². The maximum Gasteiger partial charge on any atom is 0.0810 e. The Morgan fingerprint density at radius 3 is 1.50 bits per heavy atom. The molecular weight excluding hydrogens is 287 g/mol. The second-order valence-electron chi connectivity index (χ2n) is 7.56. The molecule has 0 amide bonds. The highest BCUT2D eigenvalue weighted by Crippen LogP contribution is 2.32. The normalized spacial score (nSPS) is 11.8. The fraction of sp³-hybridized carbons (Fsp3) is 0.739. The van der Waals surface area contributed by atoms with Crippen molar-refractivity contribution in [2.75, 3.05) is 0 Å². The molecule has 0 saturated carbocycles. The van der Waals surface area contributed by atoms with E-state index in [1.807, 2.05) is 0 Å². The van der Waals surface area contributed by atoms with Gasteiger partial charge in [-0.05, 0) is 5.31 Å². The predicted molar refractivity (Wildman–Crippen MR) is 110 cm³/mol. The van der Waals surface area contributed by atoms with Crippen molar-refractivity contribution >= 4 is 7.85 Å². The second kappa shape index (κ2) is 13.6. The van der Waals surface area contributed by atoms with Crippen LogP contribution in [0.1, 0.15) is 109 Å². The summed E-state index contributed by atoms with van der Waals surface area (Å²) >= 11 is 0. The van der Waals surface area contributed by atoms with E-state index in [0.29, 0.717) is 0 Å². The van der Waals surface area contributed by atoms with Crippen LogP contribution in [0.3, 0.4) is 0 Å².